The number of hydrogen-bond donors (Lipinski definition) is 1. The van der Waals surface area contributed by atoms with Crippen molar-refractivity contribution < 1.29 is 22.3 Å². The zero-order chi connectivity index (χ0) is 16.2. The summed E-state index contributed by atoms with van der Waals surface area (Å²) in [5, 5.41) is 0. The van der Waals surface area contributed by atoms with Gasteiger partial charge in [0.05, 0.1) is 17.5 Å². The largest absolute Gasteiger partial charge is 0.457 e. The average Bonchev–Trinajstić information content (AvgIpc) is 2.45. The second-order valence-corrected chi connectivity index (χ2v) is 6.37. The van der Waals surface area contributed by atoms with Crippen molar-refractivity contribution in [1.29, 1.82) is 0 Å². The summed E-state index contributed by atoms with van der Waals surface area (Å²) in [6.07, 6.45) is 0.994. The van der Waals surface area contributed by atoms with E-state index < -0.39 is 16.0 Å². The summed E-state index contributed by atoms with van der Waals surface area (Å²) < 4.78 is 42.7. The van der Waals surface area contributed by atoms with Crippen LogP contribution in [0.5, 0.6) is 0 Å². The molecule has 2 aromatic carbocycles. The van der Waals surface area contributed by atoms with Crippen LogP contribution in [0.3, 0.4) is 0 Å². The van der Waals surface area contributed by atoms with Gasteiger partial charge in [-0.05, 0) is 29.8 Å². The van der Waals surface area contributed by atoms with Gasteiger partial charge >= 0.3 is 5.97 Å². The number of hydrogen-bond acceptors (Lipinski definition) is 4. The molecule has 0 aromatic heterocycles. The van der Waals surface area contributed by atoms with Gasteiger partial charge in [-0.2, -0.15) is 0 Å². The third-order valence-electron chi connectivity index (χ3n) is 2.73. The lowest BCUT2D eigenvalue weighted by Crippen LogP contribution is -2.14. The first kappa shape index (κ1) is 16.0. The van der Waals surface area contributed by atoms with Crippen molar-refractivity contribution in [3.8, 4) is 0 Å². The number of nitrogens with one attached hydrogen (secondary N) is 1. The predicted octanol–water partition coefficient (Wildman–Crippen LogP) is 2.55. The Kier molecular flexibility index (Phi) is 4.77. The highest BCUT2D eigenvalue weighted by atomic mass is 32.2. The normalized spacial score (nSPS) is 11.0. The Morgan fingerprint density at radius 2 is 1.77 bits per heavy atom. The number of esters is 1. The van der Waals surface area contributed by atoms with E-state index in [0.29, 0.717) is 5.56 Å². The van der Waals surface area contributed by atoms with E-state index in [9.17, 15) is 17.6 Å². The van der Waals surface area contributed by atoms with Crippen molar-refractivity contribution in [3.63, 3.8) is 0 Å². The van der Waals surface area contributed by atoms with Crippen LogP contribution in [0.4, 0.5) is 10.1 Å². The summed E-state index contributed by atoms with van der Waals surface area (Å²) in [5.74, 6) is -1.05. The monoisotopic (exact) mass is 323 g/mol. The van der Waals surface area contributed by atoms with Gasteiger partial charge in [-0.3, -0.25) is 4.72 Å². The third kappa shape index (κ3) is 4.56. The van der Waals surface area contributed by atoms with Crippen LogP contribution in [-0.2, 0) is 21.4 Å². The number of halogens is 1. The van der Waals surface area contributed by atoms with E-state index in [2.05, 4.69) is 4.72 Å². The summed E-state index contributed by atoms with van der Waals surface area (Å²) in [6.45, 7) is -0.0354. The van der Waals surface area contributed by atoms with Crippen LogP contribution in [0.15, 0.2) is 48.5 Å². The maximum absolute atomic E-state index is 12.8. The summed E-state index contributed by atoms with van der Waals surface area (Å²) >= 11 is 0. The fourth-order valence-electron chi connectivity index (χ4n) is 1.76. The highest BCUT2D eigenvalue weighted by molar-refractivity contribution is 7.92. The van der Waals surface area contributed by atoms with Gasteiger partial charge in [-0.1, -0.05) is 24.3 Å². The van der Waals surface area contributed by atoms with Crippen LogP contribution in [0.1, 0.15) is 15.9 Å². The fourth-order valence-corrected chi connectivity index (χ4v) is 2.33. The number of para-hydroxylation sites is 1. The molecule has 22 heavy (non-hydrogen) atoms. The smallest absolute Gasteiger partial charge is 0.340 e. The Bertz CT molecular complexity index is 772. The van der Waals surface area contributed by atoms with Crippen molar-refractivity contribution in [3.05, 3.63) is 65.5 Å². The number of rotatable bonds is 5. The molecular formula is C15H14FNO4S. The number of anilines is 1. The van der Waals surface area contributed by atoms with E-state index in [-0.39, 0.29) is 23.7 Å². The van der Waals surface area contributed by atoms with Gasteiger partial charge in [-0.15, -0.1) is 0 Å². The van der Waals surface area contributed by atoms with Crippen molar-refractivity contribution in [2.75, 3.05) is 11.0 Å². The van der Waals surface area contributed by atoms with Crippen LogP contribution in [-0.4, -0.2) is 20.6 Å². The topological polar surface area (TPSA) is 72.5 Å². The molecule has 1 N–H and O–H groups in total. The van der Waals surface area contributed by atoms with Gasteiger partial charge in [-0.25, -0.2) is 17.6 Å². The molecule has 0 spiro atoms. The lowest BCUT2D eigenvalue weighted by molar-refractivity contribution is 0.0474. The van der Waals surface area contributed by atoms with Crippen molar-refractivity contribution >= 4 is 21.7 Å². The van der Waals surface area contributed by atoms with E-state index in [1.165, 1.54) is 36.4 Å². The van der Waals surface area contributed by atoms with E-state index in [1.54, 1.807) is 12.1 Å². The Hall–Kier alpha value is -2.41. The number of carbonyl (C=O) groups excluding carboxylic acids is 1. The van der Waals surface area contributed by atoms with Gasteiger partial charge in [0, 0.05) is 0 Å². The zero-order valence-corrected chi connectivity index (χ0v) is 12.6. The Labute approximate surface area is 127 Å². The molecule has 0 amide bonds. The summed E-state index contributed by atoms with van der Waals surface area (Å²) in [5.41, 5.74) is 0.882. The number of carbonyl (C=O) groups is 1. The van der Waals surface area contributed by atoms with Gasteiger partial charge in [0.15, 0.2) is 0 Å². The van der Waals surface area contributed by atoms with Gasteiger partial charge in [0.2, 0.25) is 10.0 Å². The molecule has 5 nitrogen and oxygen atoms in total. The highest BCUT2D eigenvalue weighted by Crippen LogP contribution is 2.18. The van der Waals surface area contributed by atoms with Crippen molar-refractivity contribution in [2.45, 2.75) is 6.61 Å². The minimum atomic E-state index is -3.50. The standard InChI is InChI=1S/C15H14FNO4S/c1-22(19,20)17-14-5-3-2-4-13(14)15(18)21-10-11-6-8-12(16)9-7-11/h2-9,17H,10H2,1H3. The number of sulfonamides is 1. The van der Waals surface area contributed by atoms with Crippen LogP contribution in [0.25, 0.3) is 0 Å². The second kappa shape index (κ2) is 6.57. The molecule has 0 aliphatic rings. The molecule has 0 atom stereocenters. The highest BCUT2D eigenvalue weighted by Gasteiger charge is 2.15. The van der Waals surface area contributed by atoms with Gasteiger partial charge < -0.3 is 4.74 Å². The quantitative estimate of drug-likeness (QED) is 0.858. The fraction of sp³-hybridized carbons (Fsp3) is 0.133. The third-order valence-corrected chi connectivity index (χ3v) is 3.32. The van der Waals surface area contributed by atoms with Gasteiger partial charge in [0.25, 0.3) is 0 Å². The molecule has 0 saturated carbocycles. The Morgan fingerprint density at radius 3 is 2.41 bits per heavy atom. The molecule has 2 aromatic rings. The predicted molar refractivity (Wildman–Crippen MR) is 80.4 cm³/mol. The van der Waals surface area contributed by atoms with Crippen LogP contribution in [0, 0.1) is 5.82 Å². The first-order chi connectivity index (χ1) is 10.3. The first-order valence-corrected chi connectivity index (χ1v) is 8.23. The van der Waals surface area contributed by atoms with Crippen LogP contribution >= 0.6 is 0 Å². The van der Waals surface area contributed by atoms with Gasteiger partial charge in [0.1, 0.15) is 12.4 Å². The molecule has 7 heteroatoms. The van der Waals surface area contributed by atoms with Crippen molar-refractivity contribution in [2.24, 2.45) is 0 Å². The zero-order valence-electron chi connectivity index (χ0n) is 11.7. The molecule has 0 aliphatic heterocycles. The Balaban J connectivity index is 2.11. The molecular weight excluding hydrogens is 309 g/mol. The minimum absolute atomic E-state index is 0.0354. The average molecular weight is 323 g/mol. The second-order valence-electron chi connectivity index (χ2n) is 4.62. The minimum Gasteiger partial charge on any atom is -0.457 e. The molecule has 0 fully saturated rings. The van der Waals surface area contributed by atoms with Crippen LogP contribution in [0.2, 0.25) is 0 Å². The summed E-state index contributed by atoms with van der Waals surface area (Å²) in [7, 11) is -3.50. The summed E-state index contributed by atoms with van der Waals surface area (Å²) in [4.78, 5) is 12.1. The molecule has 0 bridgehead atoms. The lowest BCUT2D eigenvalue weighted by atomic mass is 10.2. The van der Waals surface area contributed by atoms with E-state index >= 15 is 0 Å². The van der Waals surface area contributed by atoms with Crippen molar-refractivity contribution in [1.82, 2.24) is 0 Å². The first-order valence-electron chi connectivity index (χ1n) is 6.33. The number of benzene rings is 2. The molecule has 0 heterocycles. The maximum Gasteiger partial charge on any atom is 0.340 e. The maximum atomic E-state index is 12.8. The molecule has 0 saturated heterocycles. The SMILES string of the molecule is CS(=O)(=O)Nc1ccccc1C(=O)OCc1ccc(F)cc1. The molecule has 0 aliphatic carbocycles. The van der Waals surface area contributed by atoms with E-state index in [4.69, 9.17) is 4.74 Å². The van der Waals surface area contributed by atoms with E-state index in [0.717, 1.165) is 6.26 Å². The lowest BCUT2D eigenvalue weighted by Gasteiger charge is -2.10. The molecule has 116 valence electrons. The summed E-state index contributed by atoms with van der Waals surface area (Å²) in [6, 6.07) is 11.7. The van der Waals surface area contributed by atoms with Crippen LogP contribution < -0.4 is 4.72 Å². The number of ether oxygens (including phenoxy) is 1. The molecule has 2 rings (SSSR count). The van der Waals surface area contributed by atoms with E-state index in [1.807, 2.05) is 0 Å². The Morgan fingerprint density at radius 1 is 1.14 bits per heavy atom. The molecule has 0 radical (unpaired) electrons. The molecule has 0 unspecified atom stereocenters.